The second-order valence-corrected chi connectivity index (χ2v) is 8.38. The van der Waals surface area contributed by atoms with Gasteiger partial charge in [-0.05, 0) is 29.6 Å². The summed E-state index contributed by atoms with van der Waals surface area (Å²) in [4.78, 5) is 12.8. The Morgan fingerprint density at radius 1 is 1.35 bits per heavy atom. The third kappa shape index (κ3) is 5.53. The molecule has 0 saturated carbocycles. The van der Waals surface area contributed by atoms with E-state index in [2.05, 4.69) is 5.32 Å². The van der Waals surface area contributed by atoms with E-state index in [-0.39, 0.29) is 5.75 Å². The molecule has 8 heteroatoms. The molecule has 0 saturated heterocycles. The summed E-state index contributed by atoms with van der Waals surface area (Å²) in [6.45, 7) is 0.326. The predicted octanol–water partition coefficient (Wildman–Crippen LogP) is 2.64. The number of amides is 1. The molecule has 1 aromatic carbocycles. The van der Waals surface area contributed by atoms with Crippen molar-refractivity contribution in [2.45, 2.75) is 12.3 Å². The molecule has 5 nitrogen and oxygen atoms in total. The van der Waals surface area contributed by atoms with Gasteiger partial charge in [0.25, 0.3) is 0 Å². The molecule has 1 heterocycles. The Bertz CT molecular complexity index is 773. The van der Waals surface area contributed by atoms with E-state index < -0.39 is 21.5 Å². The quantitative estimate of drug-likeness (QED) is 0.809. The molecule has 0 aliphatic rings. The topological polar surface area (TPSA) is 72.5 Å². The number of nitrogens with one attached hydrogen (secondary N) is 1. The minimum Gasteiger partial charge on any atom is -0.496 e. The first kappa shape index (κ1) is 17.8. The van der Waals surface area contributed by atoms with Crippen LogP contribution < -0.4 is 10.1 Å². The average Bonchev–Trinajstić information content (AvgIpc) is 2.97. The van der Waals surface area contributed by atoms with Crippen LogP contribution in [0.3, 0.4) is 0 Å². The average molecular weight is 374 g/mol. The molecule has 0 unspecified atom stereocenters. The Morgan fingerprint density at radius 2 is 2.13 bits per heavy atom. The van der Waals surface area contributed by atoms with Gasteiger partial charge in [-0.1, -0.05) is 17.7 Å². The highest BCUT2D eigenvalue weighted by Crippen LogP contribution is 2.24. The number of sulfone groups is 1. The second kappa shape index (κ2) is 7.81. The summed E-state index contributed by atoms with van der Waals surface area (Å²) in [6, 6.07) is 8.49. The molecular weight excluding hydrogens is 358 g/mol. The van der Waals surface area contributed by atoms with Crippen LogP contribution in [0.15, 0.2) is 35.7 Å². The molecule has 2 aromatic rings. The van der Waals surface area contributed by atoms with Crippen LogP contribution in [0.1, 0.15) is 10.4 Å². The van der Waals surface area contributed by atoms with Gasteiger partial charge in [-0.2, -0.15) is 0 Å². The summed E-state index contributed by atoms with van der Waals surface area (Å²) in [6.07, 6.45) is 0. The van der Waals surface area contributed by atoms with E-state index in [1.807, 2.05) is 17.5 Å². The van der Waals surface area contributed by atoms with Crippen molar-refractivity contribution < 1.29 is 17.9 Å². The second-order valence-electron chi connectivity index (χ2n) is 4.84. The van der Waals surface area contributed by atoms with E-state index in [0.29, 0.717) is 22.9 Å². The number of rotatable bonds is 7. The van der Waals surface area contributed by atoms with Gasteiger partial charge in [0.15, 0.2) is 9.84 Å². The number of thiophene rings is 1. The first-order valence-corrected chi connectivity index (χ1v) is 9.79. The molecule has 1 aromatic heterocycles. The molecule has 0 atom stereocenters. The lowest BCUT2D eigenvalue weighted by Gasteiger charge is -2.10. The molecule has 1 amide bonds. The van der Waals surface area contributed by atoms with E-state index in [1.54, 1.807) is 12.1 Å². The first-order valence-electron chi connectivity index (χ1n) is 6.71. The lowest BCUT2D eigenvalue weighted by molar-refractivity contribution is -0.118. The lowest BCUT2D eigenvalue weighted by Crippen LogP contribution is -2.30. The van der Waals surface area contributed by atoms with Gasteiger partial charge < -0.3 is 10.1 Å². The number of methoxy groups -OCH3 is 1. The molecule has 0 spiro atoms. The van der Waals surface area contributed by atoms with Gasteiger partial charge in [-0.15, -0.1) is 11.3 Å². The lowest BCUT2D eigenvalue weighted by atomic mass is 10.2. The fourth-order valence-electron chi connectivity index (χ4n) is 2.00. The van der Waals surface area contributed by atoms with Gasteiger partial charge in [-0.25, -0.2) is 8.42 Å². The highest BCUT2D eigenvalue weighted by molar-refractivity contribution is 7.91. The number of benzene rings is 1. The standard InChI is InChI=1S/C15H16ClNO4S2/c1-21-14-5-4-12(16)7-11(14)9-23(19,20)10-15(18)17-8-13-3-2-6-22-13/h2-7H,8-10H2,1H3,(H,17,18). The molecule has 0 aliphatic heterocycles. The fraction of sp³-hybridized carbons (Fsp3) is 0.267. The molecule has 124 valence electrons. The Hall–Kier alpha value is -1.57. The van der Waals surface area contributed by atoms with Gasteiger partial charge >= 0.3 is 0 Å². The minimum atomic E-state index is -3.62. The van der Waals surface area contributed by atoms with Crippen molar-refractivity contribution in [3.05, 3.63) is 51.2 Å². The van der Waals surface area contributed by atoms with E-state index in [9.17, 15) is 13.2 Å². The Labute approximate surface area is 144 Å². The van der Waals surface area contributed by atoms with Gasteiger partial charge in [0.2, 0.25) is 5.91 Å². The summed E-state index contributed by atoms with van der Waals surface area (Å²) in [5.74, 6) is -0.978. The zero-order valence-corrected chi connectivity index (χ0v) is 14.8. The van der Waals surface area contributed by atoms with Crippen molar-refractivity contribution in [2.75, 3.05) is 12.9 Å². The van der Waals surface area contributed by atoms with Gasteiger partial charge in [0, 0.05) is 15.5 Å². The maximum Gasteiger partial charge on any atom is 0.235 e. The monoisotopic (exact) mass is 373 g/mol. The maximum atomic E-state index is 12.2. The van der Waals surface area contributed by atoms with Crippen LogP contribution in [0.2, 0.25) is 5.02 Å². The first-order chi connectivity index (χ1) is 10.9. The van der Waals surface area contributed by atoms with Crippen LogP contribution in [0.25, 0.3) is 0 Å². The number of carbonyl (C=O) groups excluding carboxylic acids is 1. The highest BCUT2D eigenvalue weighted by Gasteiger charge is 2.19. The van der Waals surface area contributed by atoms with E-state index in [4.69, 9.17) is 16.3 Å². The van der Waals surface area contributed by atoms with Crippen LogP contribution >= 0.6 is 22.9 Å². The maximum absolute atomic E-state index is 12.2. The summed E-state index contributed by atoms with van der Waals surface area (Å²) >= 11 is 7.38. The van der Waals surface area contributed by atoms with E-state index in [0.717, 1.165) is 4.88 Å². The SMILES string of the molecule is COc1ccc(Cl)cc1CS(=O)(=O)CC(=O)NCc1cccs1. The van der Waals surface area contributed by atoms with Crippen LogP contribution in [0.5, 0.6) is 5.75 Å². The predicted molar refractivity (Wildman–Crippen MR) is 91.7 cm³/mol. The Balaban J connectivity index is 1.98. The van der Waals surface area contributed by atoms with Crippen molar-refractivity contribution in [1.82, 2.24) is 5.32 Å². The van der Waals surface area contributed by atoms with Crippen molar-refractivity contribution in [3.63, 3.8) is 0 Å². The van der Waals surface area contributed by atoms with Crippen LogP contribution in [-0.2, 0) is 26.9 Å². The van der Waals surface area contributed by atoms with Crippen molar-refractivity contribution >= 4 is 38.7 Å². The number of ether oxygens (including phenoxy) is 1. The normalized spacial score (nSPS) is 11.2. The van der Waals surface area contributed by atoms with Crippen LogP contribution in [-0.4, -0.2) is 27.2 Å². The van der Waals surface area contributed by atoms with Gasteiger partial charge in [-0.3, -0.25) is 4.79 Å². The number of carbonyl (C=O) groups is 1. The zero-order valence-electron chi connectivity index (χ0n) is 12.4. The summed E-state index contributed by atoms with van der Waals surface area (Å²) in [5, 5.41) is 4.91. The van der Waals surface area contributed by atoms with Crippen molar-refractivity contribution in [1.29, 1.82) is 0 Å². The molecule has 0 aliphatic carbocycles. The van der Waals surface area contributed by atoms with E-state index >= 15 is 0 Å². The number of halogens is 1. The van der Waals surface area contributed by atoms with E-state index in [1.165, 1.54) is 24.5 Å². The van der Waals surface area contributed by atoms with Crippen molar-refractivity contribution in [2.24, 2.45) is 0 Å². The van der Waals surface area contributed by atoms with Gasteiger partial charge in [0.05, 0.1) is 19.4 Å². The molecule has 0 bridgehead atoms. The Morgan fingerprint density at radius 3 is 2.78 bits per heavy atom. The largest absolute Gasteiger partial charge is 0.496 e. The van der Waals surface area contributed by atoms with Crippen LogP contribution in [0, 0.1) is 0 Å². The molecule has 23 heavy (non-hydrogen) atoms. The Kier molecular flexibility index (Phi) is 6.04. The molecular formula is C15H16ClNO4S2. The smallest absolute Gasteiger partial charge is 0.235 e. The third-order valence-electron chi connectivity index (χ3n) is 3.01. The molecule has 2 rings (SSSR count). The van der Waals surface area contributed by atoms with Gasteiger partial charge in [0.1, 0.15) is 11.5 Å². The minimum absolute atomic E-state index is 0.302. The summed E-state index contributed by atoms with van der Waals surface area (Å²) in [5.41, 5.74) is 0.436. The third-order valence-corrected chi connectivity index (χ3v) is 5.57. The number of hydrogen-bond acceptors (Lipinski definition) is 5. The number of hydrogen-bond donors (Lipinski definition) is 1. The fourth-order valence-corrected chi connectivity index (χ4v) is 4.14. The van der Waals surface area contributed by atoms with Crippen molar-refractivity contribution in [3.8, 4) is 5.75 Å². The summed E-state index contributed by atoms with van der Waals surface area (Å²) < 4.78 is 29.5. The molecule has 0 fully saturated rings. The molecule has 0 radical (unpaired) electrons. The zero-order chi connectivity index (χ0) is 16.9. The van der Waals surface area contributed by atoms with Crippen LogP contribution in [0.4, 0.5) is 0 Å². The highest BCUT2D eigenvalue weighted by atomic mass is 35.5. The summed E-state index contributed by atoms with van der Waals surface area (Å²) in [7, 11) is -2.17. The molecule has 1 N–H and O–H groups in total.